The van der Waals surface area contributed by atoms with E-state index < -0.39 is 35.8 Å². The molecule has 0 saturated heterocycles. The summed E-state index contributed by atoms with van der Waals surface area (Å²) in [6, 6.07) is -2.14. The fourth-order valence-electron chi connectivity index (χ4n) is 2.41. The number of carbonyl (C=O) groups excluding carboxylic acids is 4. The van der Waals surface area contributed by atoms with Crippen LogP contribution in [0.1, 0.15) is 24.2 Å². The Kier molecular flexibility index (Phi) is 14.9. The van der Waals surface area contributed by atoms with Crippen LogP contribution in [0.2, 0.25) is 0 Å². The van der Waals surface area contributed by atoms with Gasteiger partial charge in [0.05, 0.1) is 36.7 Å². The molecule has 176 valence electrons. The predicted octanol–water partition coefficient (Wildman–Crippen LogP) is -4.93. The van der Waals surface area contributed by atoms with Crippen molar-refractivity contribution in [1.82, 2.24) is 30.6 Å². The molecule has 14 nitrogen and oxygen atoms in total. The molecule has 0 saturated carbocycles. The summed E-state index contributed by atoms with van der Waals surface area (Å²) in [5, 5.41) is 26.2. The summed E-state index contributed by atoms with van der Waals surface area (Å²) in [7, 11) is 0. The molecule has 2 aromatic heterocycles. The van der Waals surface area contributed by atoms with Gasteiger partial charge in [0.1, 0.15) is 0 Å². The second kappa shape index (κ2) is 16.5. The van der Waals surface area contributed by atoms with E-state index in [1.807, 2.05) is 0 Å². The number of nitrogens with one attached hydrogen (secondary N) is 4. The summed E-state index contributed by atoms with van der Waals surface area (Å²) in [4.78, 5) is 56.9. The molecule has 0 bridgehead atoms. The number of aromatic amines is 2. The quantitative estimate of drug-likeness (QED) is 0.147. The molecule has 0 aliphatic carbocycles. The largest absolute Gasteiger partial charge is 2.00 e. The van der Waals surface area contributed by atoms with Gasteiger partial charge in [0.25, 0.3) is 0 Å². The molecule has 0 radical (unpaired) electrons. The minimum atomic E-state index is -1.33. The summed E-state index contributed by atoms with van der Waals surface area (Å²) in [6.07, 6.45) is 6.25. The Morgan fingerprint density at radius 1 is 0.818 bits per heavy atom. The van der Waals surface area contributed by atoms with Crippen LogP contribution in [-0.2, 0) is 51.5 Å². The Morgan fingerprint density at radius 3 is 1.42 bits per heavy atom. The molecular formula is C18H26N8O6Zn. The first-order valence-electron chi connectivity index (χ1n) is 9.61. The van der Waals surface area contributed by atoms with E-state index in [1.165, 1.54) is 25.0 Å². The zero-order chi connectivity index (χ0) is 23.9. The standard InChI is InChI=1S/2C9H14N4O3.Zn/c2*10-2-1-8(14)13-7(9(15)16)3-6-4-11-5-12-6;/h2*4-5,7H,1-3,10H2,(H,11,12)(H,13,14)(H,15,16);/q;;+2/p-2/t2*7-;/m00./s1. The monoisotopic (exact) mass is 514 g/mol. The number of nitrogens with zero attached hydrogens (tertiary/aromatic N) is 2. The van der Waals surface area contributed by atoms with Crippen molar-refractivity contribution in [2.75, 3.05) is 13.1 Å². The zero-order valence-corrected chi connectivity index (χ0v) is 20.9. The molecule has 0 unspecified atom stereocenters. The maximum Gasteiger partial charge on any atom is 2.00 e. The van der Waals surface area contributed by atoms with Crippen LogP contribution in [0.25, 0.3) is 0 Å². The molecule has 0 spiro atoms. The average molecular weight is 516 g/mol. The molecule has 15 heteroatoms. The Hall–Kier alpha value is -3.16. The number of carboxylic acid groups (broad SMARTS) is 2. The number of hydrogen-bond acceptors (Lipinski definition) is 10. The Labute approximate surface area is 202 Å². The number of nitrogens with two attached hydrogens (primary N) is 2. The van der Waals surface area contributed by atoms with Crippen LogP contribution >= 0.6 is 0 Å². The molecule has 2 aromatic rings. The Morgan fingerprint density at radius 2 is 1.18 bits per heavy atom. The van der Waals surface area contributed by atoms with Gasteiger partial charge < -0.3 is 51.9 Å². The zero-order valence-electron chi connectivity index (χ0n) is 17.9. The van der Waals surface area contributed by atoms with Crippen LogP contribution in [0.15, 0.2) is 25.0 Å². The number of amides is 2. The number of H-pyrrole nitrogens is 2. The van der Waals surface area contributed by atoms with E-state index in [9.17, 15) is 29.4 Å². The number of carbonyl (C=O) groups is 4. The normalized spacial score (nSPS) is 11.7. The van der Waals surface area contributed by atoms with Crippen molar-refractivity contribution in [2.24, 2.45) is 11.5 Å². The second-order valence-corrected chi connectivity index (χ2v) is 6.52. The van der Waals surface area contributed by atoms with Gasteiger partial charge in [-0.15, -0.1) is 0 Å². The van der Waals surface area contributed by atoms with Crippen molar-refractivity contribution >= 4 is 23.8 Å². The average Bonchev–Trinajstić information content (AvgIpc) is 3.42. The van der Waals surface area contributed by atoms with Crippen LogP contribution in [-0.4, -0.2) is 68.9 Å². The predicted molar refractivity (Wildman–Crippen MR) is 106 cm³/mol. The van der Waals surface area contributed by atoms with Crippen LogP contribution in [0, 0.1) is 0 Å². The summed E-state index contributed by atoms with van der Waals surface area (Å²) < 4.78 is 0. The molecule has 2 rings (SSSR count). The number of carboxylic acids is 2. The fourth-order valence-corrected chi connectivity index (χ4v) is 2.41. The van der Waals surface area contributed by atoms with E-state index in [-0.39, 0.29) is 58.3 Å². The van der Waals surface area contributed by atoms with Crippen molar-refractivity contribution in [2.45, 2.75) is 37.8 Å². The van der Waals surface area contributed by atoms with Gasteiger partial charge in [0.2, 0.25) is 11.8 Å². The third kappa shape index (κ3) is 12.5. The minimum absolute atomic E-state index is 0. The van der Waals surface area contributed by atoms with Gasteiger partial charge in [-0.2, -0.15) is 0 Å². The Balaban J connectivity index is 0.000000602. The maximum absolute atomic E-state index is 11.2. The molecule has 0 fully saturated rings. The van der Waals surface area contributed by atoms with Gasteiger partial charge in [0.15, 0.2) is 0 Å². The number of hydrogen-bond donors (Lipinski definition) is 6. The van der Waals surface area contributed by atoms with Gasteiger partial charge in [-0.1, -0.05) is 0 Å². The first kappa shape index (κ1) is 29.8. The van der Waals surface area contributed by atoms with Crippen LogP contribution < -0.4 is 32.3 Å². The molecule has 33 heavy (non-hydrogen) atoms. The van der Waals surface area contributed by atoms with Gasteiger partial charge in [-0.25, -0.2) is 9.97 Å². The van der Waals surface area contributed by atoms with Crippen LogP contribution in [0.4, 0.5) is 0 Å². The SMILES string of the molecule is NCCC(=O)N[C@@H](Cc1cnc[nH]1)C(=O)[O-].NCCC(=O)N[C@@H](Cc1cnc[nH]1)C(=O)[O-].[Zn+2]. The van der Waals surface area contributed by atoms with Crippen molar-refractivity contribution in [3.05, 3.63) is 36.4 Å². The van der Waals surface area contributed by atoms with Crippen molar-refractivity contribution in [1.29, 1.82) is 0 Å². The first-order valence-corrected chi connectivity index (χ1v) is 9.61. The third-order valence-electron chi connectivity index (χ3n) is 3.94. The molecule has 2 amide bonds. The Bertz CT molecular complexity index is 776. The van der Waals surface area contributed by atoms with Crippen LogP contribution in [0.3, 0.4) is 0 Å². The smallest absolute Gasteiger partial charge is 0.548 e. The van der Waals surface area contributed by atoms with Gasteiger partial charge >= 0.3 is 19.5 Å². The summed E-state index contributed by atoms with van der Waals surface area (Å²) in [6.45, 7) is 0.352. The molecule has 0 aliphatic heterocycles. The number of aromatic nitrogens is 4. The van der Waals surface area contributed by atoms with Crippen molar-refractivity contribution in [3.8, 4) is 0 Å². The summed E-state index contributed by atoms with van der Waals surface area (Å²) >= 11 is 0. The third-order valence-corrected chi connectivity index (χ3v) is 3.94. The van der Waals surface area contributed by atoms with E-state index in [2.05, 4.69) is 30.6 Å². The van der Waals surface area contributed by atoms with Crippen LogP contribution in [0.5, 0.6) is 0 Å². The van der Waals surface area contributed by atoms with Crippen molar-refractivity contribution in [3.63, 3.8) is 0 Å². The van der Waals surface area contributed by atoms with Gasteiger partial charge in [-0.3, -0.25) is 9.59 Å². The summed E-state index contributed by atoms with van der Waals surface area (Å²) in [5.41, 5.74) is 11.6. The minimum Gasteiger partial charge on any atom is -0.548 e. The maximum atomic E-state index is 11.2. The first-order chi connectivity index (χ1) is 15.3. The molecule has 8 N–H and O–H groups in total. The molecule has 2 atom stereocenters. The van der Waals surface area contributed by atoms with E-state index in [0.29, 0.717) is 11.4 Å². The van der Waals surface area contributed by atoms with E-state index >= 15 is 0 Å². The second-order valence-electron chi connectivity index (χ2n) is 6.52. The van der Waals surface area contributed by atoms with E-state index in [1.54, 1.807) is 0 Å². The molecule has 2 heterocycles. The number of imidazole rings is 2. The van der Waals surface area contributed by atoms with E-state index in [4.69, 9.17) is 11.5 Å². The molecule has 0 aromatic carbocycles. The number of aliphatic carboxylic acids is 2. The van der Waals surface area contributed by atoms with Gasteiger partial charge in [-0.05, 0) is 0 Å². The topological polar surface area (TPSA) is 248 Å². The van der Waals surface area contributed by atoms with E-state index in [0.717, 1.165) is 0 Å². The van der Waals surface area contributed by atoms with Crippen molar-refractivity contribution < 1.29 is 48.9 Å². The molecule has 0 aliphatic rings. The summed E-state index contributed by atoms with van der Waals surface area (Å²) in [5.74, 6) is -3.48. The molecular weight excluding hydrogens is 490 g/mol. The number of rotatable bonds is 12. The fraction of sp³-hybridized carbons (Fsp3) is 0.444. The van der Waals surface area contributed by atoms with Gasteiger partial charge in [0, 0.05) is 62.6 Å².